The molecule has 5 rings (SSSR count). The topological polar surface area (TPSA) is 104 Å². The highest BCUT2D eigenvalue weighted by atomic mass is 16.7. The minimum atomic E-state index is -1.000. The zero-order valence-electron chi connectivity index (χ0n) is 15.9. The number of amides is 1. The zero-order chi connectivity index (χ0) is 20.2. The van der Waals surface area contributed by atoms with Crippen LogP contribution in [0.1, 0.15) is 23.5 Å². The Morgan fingerprint density at radius 2 is 2.10 bits per heavy atom. The molecule has 1 amide bonds. The average molecular weight is 394 g/mol. The number of phenolic OH excluding ortho intramolecular Hbond substituents is 1. The van der Waals surface area contributed by atoms with Crippen molar-refractivity contribution in [2.45, 2.75) is 30.1 Å². The number of rotatable bonds is 3. The Labute approximate surface area is 167 Å². The summed E-state index contributed by atoms with van der Waals surface area (Å²) < 4.78 is 11.5. The molecule has 150 valence electrons. The molecule has 1 spiro atoms. The summed E-state index contributed by atoms with van der Waals surface area (Å²) in [5.74, 6) is -0.545. The van der Waals surface area contributed by atoms with E-state index in [1.807, 2.05) is 30.5 Å². The van der Waals surface area contributed by atoms with Gasteiger partial charge in [-0.15, -0.1) is 0 Å². The number of fused-ring (bicyclic) bond motifs is 3. The van der Waals surface area contributed by atoms with Gasteiger partial charge in [-0.2, -0.15) is 0 Å². The van der Waals surface area contributed by atoms with Crippen molar-refractivity contribution in [2.24, 2.45) is 0 Å². The van der Waals surface area contributed by atoms with Gasteiger partial charge in [-0.3, -0.25) is 4.79 Å². The molecule has 3 aromatic rings. The summed E-state index contributed by atoms with van der Waals surface area (Å²) in [4.78, 5) is 16.8. The molecule has 1 saturated heterocycles. The highest BCUT2D eigenvalue weighted by Crippen LogP contribution is 2.56. The van der Waals surface area contributed by atoms with Crippen molar-refractivity contribution < 1.29 is 24.5 Å². The van der Waals surface area contributed by atoms with Crippen molar-refractivity contribution in [3.63, 3.8) is 0 Å². The summed E-state index contributed by atoms with van der Waals surface area (Å²) in [7, 11) is 1.53. The summed E-state index contributed by atoms with van der Waals surface area (Å²) in [6.07, 6.45) is 0.910. The molecule has 4 N–H and O–H groups in total. The van der Waals surface area contributed by atoms with Crippen LogP contribution in [-0.2, 0) is 19.7 Å². The number of aromatic nitrogens is 1. The number of aromatic amines is 1. The number of carbonyl (C=O) groups is 1. The van der Waals surface area contributed by atoms with E-state index in [1.54, 1.807) is 18.2 Å². The van der Waals surface area contributed by atoms with Gasteiger partial charge >= 0.3 is 0 Å². The highest BCUT2D eigenvalue weighted by Gasteiger charge is 2.60. The van der Waals surface area contributed by atoms with Crippen LogP contribution in [0.4, 0.5) is 5.69 Å². The van der Waals surface area contributed by atoms with E-state index in [1.165, 1.54) is 7.11 Å². The predicted octanol–water partition coefficient (Wildman–Crippen LogP) is 2.60. The molecule has 0 bridgehead atoms. The first kappa shape index (κ1) is 18.2. The van der Waals surface area contributed by atoms with Gasteiger partial charge in [0, 0.05) is 48.3 Å². The molecule has 2 aliphatic rings. The van der Waals surface area contributed by atoms with Crippen LogP contribution in [0, 0.1) is 0 Å². The lowest BCUT2D eigenvalue weighted by molar-refractivity contribution is -0.213. The molecule has 7 nitrogen and oxygen atoms in total. The first-order chi connectivity index (χ1) is 14.1. The van der Waals surface area contributed by atoms with Crippen molar-refractivity contribution in [3.8, 4) is 5.75 Å². The van der Waals surface area contributed by atoms with Gasteiger partial charge in [0.25, 0.3) is 0 Å². The smallest absolute Gasteiger partial charge is 0.236 e. The Balaban J connectivity index is 1.77. The molecule has 0 saturated carbocycles. The number of aliphatic hydroxyl groups is 1. The van der Waals surface area contributed by atoms with Gasteiger partial charge in [0.15, 0.2) is 6.29 Å². The second-order valence-electron chi connectivity index (χ2n) is 7.65. The molecule has 4 unspecified atom stereocenters. The van der Waals surface area contributed by atoms with E-state index in [-0.39, 0.29) is 18.3 Å². The minimum absolute atomic E-state index is 0.0822. The average Bonchev–Trinajstić information content (AvgIpc) is 3.26. The number of aromatic hydroxyl groups is 1. The maximum Gasteiger partial charge on any atom is 0.236 e. The molecular weight excluding hydrogens is 372 g/mol. The predicted molar refractivity (Wildman–Crippen MR) is 107 cm³/mol. The first-order valence-corrected chi connectivity index (χ1v) is 9.58. The van der Waals surface area contributed by atoms with Crippen LogP contribution < -0.4 is 5.32 Å². The van der Waals surface area contributed by atoms with E-state index in [0.717, 1.165) is 22.0 Å². The van der Waals surface area contributed by atoms with Gasteiger partial charge in [0.05, 0.1) is 18.1 Å². The number of carbonyl (C=O) groups excluding carboxylic acids is 1. The molecule has 1 aromatic heterocycles. The number of anilines is 1. The maximum atomic E-state index is 13.5. The second-order valence-corrected chi connectivity index (χ2v) is 7.65. The minimum Gasteiger partial charge on any atom is -0.508 e. The maximum absolute atomic E-state index is 13.5. The van der Waals surface area contributed by atoms with Gasteiger partial charge in [0.2, 0.25) is 5.91 Å². The standard InChI is InChI=1S/C22H22N2O5/c1-28-19-9-22(15-7-6-12(26)8-17(15)24-21(22)27)20(18(11-25)29-19)14-10-23-16-5-3-2-4-13(14)16/h2-8,10,18-20,23,25-26H,9,11H2,1H3,(H,24,27). The van der Waals surface area contributed by atoms with Crippen LogP contribution in [0.5, 0.6) is 5.75 Å². The fourth-order valence-corrected chi connectivity index (χ4v) is 5.03. The third kappa shape index (κ3) is 2.51. The quantitative estimate of drug-likeness (QED) is 0.547. The van der Waals surface area contributed by atoms with E-state index < -0.39 is 23.7 Å². The molecular formula is C22H22N2O5. The van der Waals surface area contributed by atoms with Crippen LogP contribution in [0.3, 0.4) is 0 Å². The third-order valence-electron chi connectivity index (χ3n) is 6.25. The van der Waals surface area contributed by atoms with Gasteiger partial charge < -0.3 is 30.0 Å². The lowest BCUT2D eigenvalue weighted by Gasteiger charge is -2.46. The largest absolute Gasteiger partial charge is 0.508 e. The molecule has 2 aromatic carbocycles. The van der Waals surface area contributed by atoms with Crippen molar-refractivity contribution in [2.75, 3.05) is 19.0 Å². The number of phenols is 1. The summed E-state index contributed by atoms with van der Waals surface area (Å²) in [6.45, 7) is -0.257. The van der Waals surface area contributed by atoms with Gasteiger partial charge in [-0.1, -0.05) is 24.3 Å². The molecule has 0 radical (unpaired) electrons. The third-order valence-corrected chi connectivity index (χ3v) is 6.25. The van der Waals surface area contributed by atoms with E-state index in [9.17, 15) is 15.0 Å². The molecule has 29 heavy (non-hydrogen) atoms. The number of hydrogen-bond acceptors (Lipinski definition) is 5. The Morgan fingerprint density at radius 3 is 2.90 bits per heavy atom. The summed E-state index contributed by atoms with van der Waals surface area (Å²) >= 11 is 0. The van der Waals surface area contributed by atoms with Crippen LogP contribution in [0.15, 0.2) is 48.7 Å². The Morgan fingerprint density at radius 1 is 1.28 bits per heavy atom. The fraction of sp³-hybridized carbons (Fsp3) is 0.318. The Hall–Kier alpha value is -2.87. The van der Waals surface area contributed by atoms with E-state index in [0.29, 0.717) is 12.1 Å². The van der Waals surface area contributed by atoms with Crippen LogP contribution in [-0.4, -0.2) is 47.2 Å². The normalized spacial score (nSPS) is 28.6. The van der Waals surface area contributed by atoms with Crippen molar-refractivity contribution in [1.29, 1.82) is 0 Å². The highest BCUT2D eigenvalue weighted by molar-refractivity contribution is 6.08. The van der Waals surface area contributed by atoms with Gasteiger partial charge in [-0.05, 0) is 23.3 Å². The lowest BCUT2D eigenvalue weighted by atomic mass is 9.62. The zero-order valence-corrected chi connectivity index (χ0v) is 15.9. The number of para-hydroxylation sites is 1. The summed E-state index contributed by atoms with van der Waals surface area (Å²) in [5.41, 5.74) is 2.21. The van der Waals surface area contributed by atoms with Crippen LogP contribution in [0.25, 0.3) is 10.9 Å². The first-order valence-electron chi connectivity index (χ1n) is 9.58. The monoisotopic (exact) mass is 394 g/mol. The molecule has 2 aliphatic heterocycles. The number of hydrogen-bond donors (Lipinski definition) is 4. The molecule has 1 fully saturated rings. The molecule has 7 heteroatoms. The number of benzene rings is 2. The van der Waals surface area contributed by atoms with E-state index >= 15 is 0 Å². The Kier molecular flexibility index (Phi) is 4.13. The van der Waals surface area contributed by atoms with Crippen LogP contribution in [0.2, 0.25) is 0 Å². The number of methoxy groups -OCH3 is 1. The molecule has 4 atom stereocenters. The summed E-state index contributed by atoms with van der Waals surface area (Å²) in [6, 6.07) is 12.8. The number of ether oxygens (including phenoxy) is 2. The van der Waals surface area contributed by atoms with Crippen LogP contribution >= 0.6 is 0 Å². The number of H-pyrrole nitrogens is 1. The van der Waals surface area contributed by atoms with E-state index in [2.05, 4.69) is 10.3 Å². The molecule has 3 heterocycles. The number of aliphatic hydroxyl groups excluding tert-OH is 1. The summed E-state index contributed by atoms with van der Waals surface area (Å²) in [5, 5.41) is 24.0. The SMILES string of the molecule is COC1CC2(C(=O)Nc3cc(O)ccc32)C(c2c[nH]c3ccccc23)C(CO)O1. The van der Waals surface area contributed by atoms with E-state index in [4.69, 9.17) is 9.47 Å². The number of nitrogens with one attached hydrogen (secondary N) is 2. The molecule has 0 aliphatic carbocycles. The van der Waals surface area contributed by atoms with Crippen molar-refractivity contribution in [1.82, 2.24) is 4.98 Å². The lowest BCUT2D eigenvalue weighted by Crippen LogP contribution is -2.54. The van der Waals surface area contributed by atoms with Crippen molar-refractivity contribution >= 4 is 22.5 Å². The Bertz CT molecular complexity index is 1090. The van der Waals surface area contributed by atoms with Gasteiger partial charge in [-0.25, -0.2) is 0 Å². The van der Waals surface area contributed by atoms with Gasteiger partial charge in [0.1, 0.15) is 5.75 Å². The van der Waals surface area contributed by atoms with Crippen molar-refractivity contribution in [3.05, 3.63) is 59.8 Å². The fourth-order valence-electron chi connectivity index (χ4n) is 5.03. The second kappa shape index (κ2) is 6.59.